The molecule has 0 rings (SSSR count). The van der Waals surface area contributed by atoms with Crippen LogP contribution in [0.1, 0.15) is 34.6 Å². The molecular weight excluding hydrogens is 312 g/mol. The molecule has 0 aromatic rings. The molecule has 0 aromatic heterocycles. The topological polar surface area (TPSA) is 122 Å². The highest BCUT2D eigenvalue weighted by Gasteiger charge is 2.40. The lowest BCUT2D eigenvalue weighted by molar-refractivity contribution is -0.190. The van der Waals surface area contributed by atoms with Gasteiger partial charge in [-0.05, 0) is 6.92 Å². The van der Waals surface area contributed by atoms with Crippen molar-refractivity contribution in [1.29, 1.82) is 0 Å². The Balaban J connectivity index is 5.55. The zero-order valence-corrected chi connectivity index (χ0v) is 13.6. The van der Waals surface area contributed by atoms with E-state index in [9.17, 15) is 24.0 Å². The molecule has 0 saturated heterocycles. The number of ketones is 1. The van der Waals surface area contributed by atoms with E-state index in [2.05, 4.69) is 0 Å². The summed E-state index contributed by atoms with van der Waals surface area (Å²) < 4.78 is 19.5. The van der Waals surface area contributed by atoms with E-state index in [1.165, 1.54) is 0 Å². The van der Waals surface area contributed by atoms with Crippen LogP contribution < -0.4 is 0 Å². The number of rotatable bonds is 8. The van der Waals surface area contributed by atoms with E-state index >= 15 is 0 Å². The summed E-state index contributed by atoms with van der Waals surface area (Å²) in [6, 6.07) is 0. The van der Waals surface area contributed by atoms with Gasteiger partial charge in [-0.25, -0.2) is 0 Å². The van der Waals surface area contributed by atoms with Crippen molar-refractivity contribution in [3.8, 4) is 0 Å². The van der Waals surface area contributed by atoms with Gasteiger partial charge in [-0.2, -0.15) is 0 Å². The van der Waals surface area contributed by atoms with E-state index in [4.69, 9.17) is 18.9 Å². The van der Waals surface area contributed by atoms with Crippen LogP contribution >= 0.6 is 0 Å². The second-order valence-corrected chi connectivity index (χ2v) is 4.67. The third-order valence-corrected chi connectivity index (χ3v) is 2.43. The number of hydrogen-bond acceptors (Lipinski definition) is 9. The normalized spacial score (nSPS) is 14.0. The summed E-state index contributed by atoms with van der Waals surface area (Å²) in [5.74, 6) is -3.66. The van der Waals surface area contributed by atoms with Crippen LogP contribution in [-0.4, -0.2) is 54.6 Å². The van der Waals surface area contributed by atoms with Gasteiger partial charge in [-0.1, -0.05) is 0 Å². The second-order valence-electron chi connectivity index (χ2n) is 4.67. The average Bonchev–Trinajstić information content (AvgIpc) is 2.37. The lowest BCUT2D eigenvalue weighted by Gasteiger charge is -2.30. The van der Waals surface area contributed by atoms with Crippen molar-refractivity contribution < 1.29 is 42.9 Å². The molecule has 0 aliphatic carbocycles. The average molecular weight is 332 g/mol. The molecule has 0 bridgehead atoms. The monoisotopic (exact) mass is 332 g/mol. The summed E-state index contributed by atoms with van der Waals surface area (Å²) in [5.41, 5.74) is 0. The van der Waals surface area contributed by atoms with Crippen LogP contribution in [0.5, 0.6) is 0 Å². The molecule has 0 aromatic carbocycles. The Morgan fingerprint density at radius 2 is 1.17 bits per heavy atom. The summed E-state index contributed by atoms with van der Waals surface area (Å²) in [5, 5.41) is 0. The summed E-state index contributed by atoms with van der Waals surface area (Å²) in [6.45, 7) is 4.97. The van der Waals surface area contributed by atoms with Crippen LogP contribution in [0, 0.1) is 0 Å². The Morgan fingerprint density at radius 1 is 0.696 bits per heavy atom. The van der Waals surface area contributed by atoms with Gasteiger partial charge >= 0.3 is 23.9 Å². The van der Waals surface area contributed by atoms with Crippen molar-refractivity contribution in [3.63, 3.8) is 0 Å². The lowest BCUT2D eigenvalue weighted by atomic mass is 10.0. The first-order valence-electron chi connectivity index (χ1n) is 6.70. The molecular formula is C14H20O9. The quantitative estimate of drug-likeness (QED) is 0.444. The molecule has 3 unspecified atom stereocenters. The minimum Gasteiger partial charge on any atom is -0.462 e. The van der Waals surface area contributed by atoms with Gasteiger partial charge in [-0.15, -0.1) is 0 Å². The van der Waals surface area contributed by atoms with Crippen molar-refractivity contribution in [1.82, 2.24) is 0 Å². The fourth-order valence-electron chi connectivity index (χ4n) is 1.69. The number of carbonyl (C=O) groups excluding carboxylic acids is 5. The maximum atomic E-state index is 11.7. The molecule has 0 aliphatic heterocycles. The van der Waals surface area contributed by atoms with Crippen LogP contribution in [0.4, 0.5) is 0 Å². The fraction of sp³-hybridized carbons (Fsp3) is 0.643. The third-order valence-electron chi connectivity index (χ3n) is 2.43. The molecule has 0 aliphatic rings. The molecule has 0 saturated carbocycles. The minimum absolute atomic E-state index is 0.474. The standard InChI is InChI=1S/C14H20O9/c1-7(15)13(22-10(4)18)14(23-11(5)19)12(21-9(3)17)6-20-8(2)16/h12-14H,6H2,1-5H3. The minimum atomic E-state index is -1.50. The van der Waals surface area contributed by atoms with E-state index in [0.29, 0.717) is 0 Å². The predicted octanol–water partition coefficient (Wildman–Crippen LogP) is -0.0664. The molecule has 23 heavy (non-hydrogen) atoms. The highest BCUT2D eigenvalue weighted by Crippen LogP contribution is 2.16. The number of ether oxygens (including phenoxy) is 4. The maximum absolute atomic E-state index is 11.7. The highest BCUT2D eigenvalue weighted by atomic mass is 16.6. The van der Waals surface area contributed by atoms with Gasteiger partial charge in [0.15, 0.2) is 24.1 Å². The summed E-state index contributed by atoms with van der Waals surface area (Å²) in [6.07, 6.45) is -4.26. The van der Waals surface area contributed by atoms with Gasteiger partial charge in [0.1, 0.15) is 6.61 Å². The fourth-order valence-corrected chi connectivity index (χ4v) is 1.69. The van der Waals surface area contributed by atoms with E-state index in [1.807, 2.05) is 0 Å². The zero-order valence-electron chi connectivity index (χ0n) is 13.6. The van der Waals surface area contributed by atoms with Crippen molar-refractivity contribution in [3.05, 3.63) is 0 Å². The zero-order chi connectivity index (χ0) is 18.2. The lowest BCUT2D eigenvalue weighted by Crippen LogP contribution is -2.50. The van der Waals surface area contributed by atoms with Gasteiger partial charge in [0.05, 0.1) is 0 Å². The van der Waals surface area contributed by atoms with E-state index in [-0.39, 0.29) is 0 Å². The number of carbonyl (C=O) groups is 5. The smallest absolute Gasteiger partial charge is 0.303 e. The Bertz CT molecular complexity index is 483. The molecule has 3 atom stereocenters. The van der Waals surface area contributed by atoms with Crippen molar-refractivity contribution in [2.45, 2.75) is 52.9 Å². The van der Waals surface area contributed by atoms with Crippen LogP contribution in [-0.2, 0) is 42.9 Å². The maximum Gasteiger partial charge on any atom is 0.303 e. The Kier molecular flexibility index (Phi) is 8.53. The third kappa shape index (κ3) is 8.54. The van der Waals surface area contributed by atoms with E-state index in [0.717, 1.165) is 34.6 Å². The van der Waals surface area contributed by atoms with Gasteiger partial charge in [0.25, 0.3) is 0 Å². The number of Topliss-reactive ketones (excluding diaryl/α,β-unsaturated/α-hetero) is 1. The Hall–Kier alpha value is -2.45. The van der Waals surface area contributed by atoms with Crippen LogP contribution in [0.15, 0.2) is 0 Å². The molecule has 0 spiro atoms. The largest absolute Gasteiger partial charge is 0.462 e. The van der Waals surface area contributed by atoms with Gasteiger partial charge in [0, 0.05) is 27.7 Å². The predicted molar refractivity (Wildman–Crippen MR) is 74.0 cm³/mol. The molecule has 0 amide bonds. The summed E-state index contributed by atoms with van der Waals surface area (Å²) in [4.78, 5) is 56.3. The number of esters is 4. The van der Waals surface area contributed by atoms with Crippen LogP contribution in [0.25, 0.3) is 0 Å². The molecule has 9 heteroatoms. The summed E-state index contributed by atoms with van der Waals surface area (Å²) in [7, 11) is 0. The van der Waals surface area contributed by atoms with Crippen LogP contribution in [0.2, 0.25) is 0 Å². The van der Waals surface area contributed by atoms with Crippen molar-refractivity contribution >= 4 is 29.7 Å². The van der Waals surface area contributed by atoms with Gasteiger partial charge < -0.3 is 18.9 Å². The first-order chi connectivity index (χ1) is 10.5. The first kappa shape index (κ1) is 20.6. The number of hydrogen-bond donors (Lipinski definition) is 0. The van der Waals surface area contributed by atoms with Crippen molar-refractivity contribution in [2.24, 2.45) is 0 Å². The molecule has 130 valence electrons. The first-order valence-corrected chi connectivity index (χ1v) is 6.70. The molecule has 0 N–H and O–H groups in total. The summed E-state index contributed by atoms with van der Waals surface area (Å²) >= 11 is 0. The second kappa shape index (κ2) is 9.54. The van der Waals surface area contributed by atoms with Gasteiger partial charge in [0.2, 0.25) is 0 Å². The Morgan fingerprint density at radius 3 is 1.52 bits per heavy atom. The van der Waals surface area contributed by atoms with Crippen molar-refractivity contribution in [2.75, 3.05) is 6.61 Å². The van der Waals surface area contributed by atoms with E-state index in [1.54, 1.807) is 0 Å². The molecule has 9 nitrogen and oxygen atoms in total. The molecule has 0 radical (unpaired) electrons. The molecule has 0 heterocycles. The SMILES string of the molecule is CC(=O)OCC(OC(C)=O)C(OC(C)=O)C(OC(C)=O)C(C)=O. The van der Waals surface area contributed by atoms with Gasteiger partial charge in [-0.3, -0.25) is 24.0 Å². The van der Waals surface area contributed by atoms with Crippen LogP contribution in [0.3, 0.4) is 0 Å². The molecule has 0 fully saturated rings. The Labute approximate surface area is 133 Å². The highest BCUT2D eigenvalue weighted by molar-refractivity contribution is 5.84. The van der Waals surface area contributed by atoms with E-state index < -0.39 is 54.6 Å².